The average molecular weight is 268 g/mol. The lowest BCUT2D eigenvalue weighted by molar-refractivity contribution is -0.127. The highest BCUT2D eigenvalue weighted by molar-refractivity contribution is 5.78. The van der Waals surface area contributed by atoms with Gasteiger partial charge in [-0.1, -0.05) is 6.92 Å². The molecule has 0 aromatic rings. The van der Waals surface area contributed by atoms with Crippen LogP contribution in [0.15, 0.2) is 0 Å². The summed E-state index contributed by atoms with van der Waals surface area (Å²) < 4.78 is 5.39. The number of hydrogen-bond acceptors (Lipinski definition) is 3. The first kappa shape index (κ1) is 14.8. The molecule has 0 atom stereocenters. The van der Waals surface area contributed by atoms with Crippen LogP contribution in [0.1, 0.15) is 45.4 Å². The van der Waals surface area contributed by atoms with Gasteiger partial charge >= 0.3 is 0 Å². The fraction of sp³-hybridized carbons (Fsp3) is 0.933. The molecule has 2 rings (SSSR count). The average Bonchev–Trinajstić information content (AvgIpc) is 2.46. The Kier molecular flexibility index (Phi) is 5.22. The minimum atomic E-state index is 0.214. The molecule has 0 aromatic carbocycles. The van der Waals surface area contributed by atoms with Crippen molar-refractivity contribution >= 4 is 5.91 Å². The number of hydrogen-bond donors (Lipinski definition) is 2. The summed E-state index contributed by atoms with van der Waals surface area (Å²) in [5, 5.41) is 3.17. The third kappa shape index (κ3) is 4.18. The summed E-state index contributed by atoms with van der Waals surface area (Å²) in [4.78, 5) is 12.2. The zero-order chi connectivity index (χ0) is 13.7. The van der Waals surface area contributed by atoms with Crippen molar-refractivity contribution in [2.45, 2.75) is 45.4 Å². The van der Waals surface area contributed by atoms with Crippen LogP contribution in [-0.2, 0) is 9.53 Å². The second kappa shape index (κ2) is 6.71. The van der Waals surface area contributed by atoms with Crippen molar-refractivity contribution in [3.8, 4) is 0 Å². The lowest BCUT2D eigenvalue weighted by atomic mass is 9.80. The molecule has 0 unspecified atom stereocenters. The van der Waals surface area contributed by atoms with Crippen LogP contribution in [0.5, 0.6) is 0 Å². The summed E-state index contributed by atoms with van der Waals surface area (Å²) in [5.74, 6) is 1.10. The molecule has 110 valence electrons. The molecule has 0 bridgehead atoms. The molecule has 1 aliphatic carbocycles. The molecule has 4 nitrogen and oxygen atoms in total. The minimum absolute atomic E-state index is 0.214. The molecule has 1 saturated heterocycles. The van der Waals surface area contributed by atoms with Crippen molar-refractivity contribution in [2.24, 2.45) is 23.0 Å². The van der Waals surface area contributed by atoms with Crippen LogP contribution >= 0.6 is 0 Å². The summed E-state index contributed by atoms with van der Waals surface area (Å²) >= 11 is 0. The van der Waals surface area contributed by atoms with Gasteiger partial charge in [-0.25, -0.2) is 0 Å². The fourth-order valence-electron chi connectivity index (χ4n) is 3.15. The summed E-state index contributed by atoms with van der Waals surface area (Å²) in [5.41, 5.74) is 5.91. The second-order valence-corrected chi connectivity index (χ2v) is 6.59. The van der Waals surface area contributed by atoms with Gasteiger partial charge in [-0.05, 0) is 56.4 Å². The maximum Gasteiger partial charge on any atom is 0.223 e. The third-order valence-electron chi connectivity index (χ3n) is 4.94. The Hall–Kier alpha value is -0.610. The van der Waals surface area contributed by atoms with Crippen molar-refractivity contribution in [1.29, 1.82) is 0 Å². The summed E-state index contributed by atoms with van der Waals surface area (Å²) in [6, 6.07) is 0. The van der Waals surface area contributed by atoms with Gasteiger partial charge in [0.1, 0.15) is 0 Å². The van der Waals surface area contributed by atoms with Gasteiger partial charge in [0, 0.05) is 25.7 Å². The Morgan fingerprint density at radius 2 is 1.89 bits per heavy atom. The SMILES string of the molecule is CC1(CNC(=O)C2CCC(CN)CC2)CCOCC1. The van der Waals surface area contributed by atoms with Crippen LogP contribution in [0.4, 0.5) is 0 Å². The molecule has 0 spiro atoms. The van der Waals surface area contributed by atoms with E-state index in [1.54, 1.807) is 0 Å². The van der Waals surface area contributed by atoms with Gasteiger partial charge in [-0.2, -0.15) is 0 Å². The highest BCUT2D eigenvalue weighted by Crippen LogP contribution is 2.30. The number of carbonyl (C=O) groups is 1. The van der Waals surface area contributed by atoms with Crippen LogP contribution in [0.3, 0.4) is 0 Å². The highest BCUT2D eigenvalue weighted by atomic mass is 16.5. The molecule has 1 saturated carbocycles. The van der Waals surface area contributed by atoms with Gasteiger partial charge in [0.15, 0.2) is 0 Å². The molecule has 4 heteroatoms. The van der Waals surface area contributed by atoms with Crippen molar-refractivity contribution < 1.29 is 9.53 Å². The van der Waals surface area contributed by atoms with Crippen LogP contribution in [-0.4, -0.2) is 32.2 Å². The lowest BCUT2D eigenvalue weighted by Gasteiger charge is -2.34. The fourth-order valence-corrected chi connectivity index (χ4v) is 3.15. The predicted octanol–water partition coefficient (Wildman–Crippen LogP) is 1.68. The van der Waals surface area contributed by atoms with Crippen LogP contribution in [0.25, 0.3) is 0 Å². The van der Waals surface area contributed by atoms with E-state index in [2.05, 4.69) is 12.2 Å². The van der Waals surface area contributed by atoms with Gasteiger partial charge < -0.3 is 15.8 Å². The minimum Gasteiger partial charge on any atom is -0.381 e. The molecule has 1 heterocycles. The molecule has 0 radical (unpaired) electrons. The van der Waals surface area contributed by atoms with Crippen LogP contribution < -0.4 is 11.1 Å². The Morgan fingerprint density at radius 1 is 1.26 bits per heavy atom. The topological polar surface area (TPSA) is 64.4 Å². The zero-order valence-corrected chi connectivity index (χ0v) is 12.1. The lowest BCUT2D eigenvalue weighted by Crippen LogP contribution is -2.42. The Morgan fingerprint density at radius 3 is 2.47 bits per heavy atom. The Bertz CT molecular complexity index is 293. The first-order valence-corrected chi connectivity index (χ1v) is 7.68. The molecule has 19 heavy (non-hydrogen) atoms. The van der Waals surface area contributed by atoms with Crippen LogP contribution in [0, 0.1) is 17.3 Å². The van der Waals surface area contributed by atoms with E-state index in [9.17, 15) is 4.79 Å². The van der Waals surface area contributed by atoms with E-state index < -0.39 is 0 Å². The molecule has 1 aliphatic heterocycles. The highest BCUT2D eigenvalue weighted by Gasteiger charge is 2.30. The van der Waals surface area contributed by atoms with Gasteiger partial charge in [-0.15, -0.1) is 0 Å². The first-order chi connectivity index (χ1) is 9.13. The van der Waals surface area contributed by atoms with E-state index in [1.165, 1.54) is 0 Å². The number of rotatable bonds is 4. The predicted molar refractivity (Wildman–Crippen MR) is 75.7 cm³/mol. The molecular weight excluding hydrogens is 240 g/mol. The van der Waals surface area contributed by atoms with E-state index in [0.717, 1.165) is 64.8 Å². The normalized spacial score (nSPS) is 30.8. The number of ether oxygens (including phenoxy) is 1. The van der Waals surface area contributed by atoms with E-state index in [-0.39, 0.29) is 17.2 Å². The molecular formula is C15H28N2O2. The summed E-state index contributed by atoms with van der Waals surface area (Å²) in [6.45, 7) is 5.47. The molecule has 0 aromatic heterocycles. The molecule has 3 N–H and O–H groups in total. The summed E-state index contributed by atoms with van der Waals surface area (Å²) in [7, 11) is 0. The van der Waals surface area contributed by atoms with E-state index in [4.69, 9.17) is 10.5 Å². The maximum atomic E-state index is 12.2. The smallest absolute Gasteiger partial charge is 0.223 e. The number of amides is 1. The van der Waals surface area contributed by atoms with Gasteiger partial charge in [0.25, 0.3) is 0 Å². The number of carbonyl (C=O) groups excluding carboxylic acids is 1. The van der Waals surface area contributed by atoms with Gasteiger partial charge in [-0.3, -0.25) is 4.79 Å². The monoisotopic (exact) mass is 268 g/mol. The largest absolute Gasteiger partial charge is 0.381 e. The first-order valence-electron chi connectivity index (χ1n) is 7.68. The van der Waals surface area contributed by atoms with Crippen molar-refractivity contribution in [1.82, 2.24) is 5.32 Å². The second-order valence-electron chi connectivity index (χ2n) is 6.59. The van der Waals surface area contributed by atoms with Crippen LogP contribution in [0.2, 0.25) is 0 Å². The molecule has 1 amide bonds. The Balaban J connectivity index is 1.72. The number of nitrogens with one attached hydrogen (secondary N) is 1. The zero-order valence-electron chi connectivity index (χ0n) is 12.1. The quantitative estimate of drug-likeness (QED) is 0.815. The maximum absolute atomic E-state index is 12.2. The van der Waals surface area contributed by atoms with E-state index in [1.807, 2.05) is 0 Å². The molecule has 2 aliphatic rings. The molecule has 2 fully saturated rings. The van der Waals surface area contributed by atoms with Crippen molar-refractivity contribution in [3.63, 3.8) is 0 Å². The standard InChI is InChI=1S/C15H28N2O2/c1-15(6-8-19-9-7-15)11-17-14(18)13-4-2-12(10-16)3-5-13/h12-13H,2-11,16H2,1H3,(H,17,18). The van der Waals surface area contributed by atoms with E-state index in [0.29, 0.717) is 5.92 Å². The van der Waals surface area contributed by atoms with Crippen molar-refractivity contribution in [2.75, 3.05) is 26.3 Å². The summed E-state index contributed by atoms with van der Waals surface area (Å²) in [6.07, 6.45) is 6.33. The Labute approximate surface area is 116 Å². The number of nitrogens with two attached hydrogens (primary N) is 1. The third-order valence-corrected chi connectivity index (χ3v) is 4.94. The van der Waals surface area contributed by atoms with E-state index >= 15 is 0 Å². The van der Waals surface area contributed by atoms with Gasteiger partial charge in [0.2, 0.25) is 5.91 Å². The van der Waals surface area contributed by atoms with Gasteiger partial charge in [0.05, 0.1) is 0 Å². The van der Waals surface area contributed by atoms with Crippen molar-refractivity contribution in [3.05, 3.63) is 0 Å².